The van der Waals surface area contributed by atoms with E-state index in [0.717, 1.165) is 0 Å². The van der Waals surface area contributed by atoms with Gasteiger partial charge in [-0.1, -0.05) is 23.8 Å². The van der Waals surface area contributed by atoms with Crippen molar-refractivity contribution in [1.82, 2.24) is 9.99 Å². The van der Waals surface area contributed by atoms with Gasteiger partial charge in [-0.3, -0.25) is 9.78 Å². The Labute approximate surface area is 141 Å². The minimum Gasteiger partial charge on any atom is -0.362 e. The van der Waals surface area contributed by atoms with Crippen LogP contribution in [0, 0.1) is 6.92 Å². The van der Waals surface area contributed by atoms with Crippen LogP contribution in [0.1, 0.15) is 27.9 Å². The number of pyridine rings is 1. The molecule has 0 radical (unpaired) electrons. The van der Waals surface area contributed by atoms with Crippen LogP contribution in [0.3, 0.4) is 0 Å². The lowest BCUT2D eigenvalue weighted by Gasteiger charge is -2.32. The minimum absolute atomic E-state index is 0.0128. The largest absolute Gasteiger partial charge is 0.438 e. The highest BCUT2D eigenvalue weighted by atomic mass is 19.4. The number of halogens is 3. The summed E-state index contributed by atoms with van der Waals surface area (Å²) >= 11 is 0. The highest BCUT2D eigenvalue weighted by Gasteiger charge is 2.63. The molecule has 1 aromatic carbocycles. The Bertz CT molecular complexity index is 837. The van der Waals surface area contributed by atoms with Gasteiger partial charge < -0.3 is 5.11 Å². The Balaban J connectivity index is 2.06. The normalized spacial score (nSPS) is 20.5. The molecule has 1 atom stereocenters. The van der Waals surface area contributed by atoms with E-state index in [1.807, 2.05) is 0 Å². The maximum Gasteiger partial charge on any atom is 0.438 e. The maximum atomic E-state index is 13.5. The number of carbonyl (C=O) groups excluding carboxylic acids is 1. The molecule has 0 spiro atoms. The number of nitrogens with zero attached hydrogens (tertiary/aromatic N) is 3. The number of carbonyl (C=O) groups is 1. The van der Waals surface area contributed by atoms with Gasteiger partial charge in [-0.25, -0.2) is 0 Å². The molecular weight excluding hydrogens is 335 g/mol. The van der Waals surface area contributed by atoms with E-state index in [2.05, 4.69) is 10.1 Å². The number of rotatable bonds is 2. The van der Waals surface area contributed by atoms with E-state index in [9.17, 15) is 23.1 Å². The Hall–Kier alpha value is -2.74. The number of alkyl halides is 3. The second kappa shape index (κ2) is 5.96. The van der Waals surface area contributed by atoms with Crippen LogP contribution in [0.25, 0.3) is 0 Å². The van der Waals surface area contributed by atoms with Crippen LogP contribution in [0.4, 0.5) is 13.2 Å². The number of aryl methyl sites for hydroxylation is 1. The quantitative estimate of drug-likeness (QED) is 0.907. The van der Waals surface area contributed by atoms with Crippen LogP contribution in [-0.2, 0) is 0 Å². The lowest BCUT2D eigenvalue weighted by atomic mass is 10.0. The Morgan fingerprint density at radius 3 is 2.64 bits per heavy atom. The first-order chi connectivity index (χ1) is 11.7. The monoisotopic (exact) mass is 349 g/mol. The fraction of sp³-hybridized carbons (Fsp3) is 0.235. The van der Waals surface area contributed by atoms with E-state index >= 15 is 0 Å². The summed E-state index contributed by atoms with van der Waals surface area (Å²) in [4.78, 5) is 16.4. The lowest BCUT2D eigenvalue weighted by molar-refractivity contribution is -0.297. The predicted molar refractivity (Wildman–Crippen MR) is 83.7 cm³/mol. The van der Waals surface area contributed by atoms with Crippen LogP contribution in [0.2, 0.25) is 0 Å². The first kappa shape index (κ1) is 17.1. The van der Waals surface area contributed by atoms with E-state index < -0.39 is 24.2 Å². The molecule has 1 aliphatic heterocycles. The molecule has 130 valence electrons. The highest BCUT2D eigenvalue weighted by molar-refractivity contribution is 6.05. The second-order valence-corrected chi connectivity index (χ2v) is 5.77. The van der Waals surface area contributed by atoms with Gasteiger partial charge in [0.1, 0.15) is 0 Å². The smallest absolute Gasteiger partial charge is 0.362 e. The van der Waals surface area contributed by atoms with Gasteiger partial charge in [-0.2, -0.15) is 23.3 Å². The molecule has 3 rings (SSSR count). The molecule has 2 heterocycles. The zero-order valence-corrected chi connectivity index (χ0v) is 13.2. The van der Waals surface area contributed by atoms with E-state index in [-0.39, 0.29) is 16.3 Å². The topological polar surface area (TPSA) is 65.8 Å². The average Bonchev–Trinajstić information content (AvgIpc) is 2.94. The minimum atomic E-state index is -5.07. The summed E-state index contributed by atoms with van der Waals surface area (Å²) < 4.78 is 40.5. The molecule has 5 nitrogen and oxygen atoms in total. The second-order valence-electron chi connectivity index (χ2n) is 5.77. The highest BCUT2D eigenvalue weighted by Crippen LogP contribution is 2.41. The molecular formula is C17H14F3N3O2. The molecule has 2 aromatic rings. The van der Waals surface area contributed by atoms with Gasteiger partial charge in [0.15, 0.2) is 0 Å². The van der Waals surface area contributed by atoms with Crippen LogP contribution in [0.5, 0.6) is 0 Å². The number of hydrazone groups is 1. The van der Waals surface area contributed by atoms with Crippen molar-refractivity contribution in [2.45, 2.75) is 25.2 Å². The van der Waals surface area contributed by atoms with Crippen molar-refractivity contribution in [1.29, 1.82) is 0 Å². The van der Waals surface area contributed by atoms with Gasteiger partial charge in [0, 0.05) is 23.5 Å². The first-order valence-corrected chi connectivity index (χ1v) is 7.40. The van der Waals surface area contributed by atoms with Gasteiger partial charge in [-0.05, 0) is 25.1 Å². The third kappa shape index (κ3) is 3.00. The van der Waals surface area contributed by atoms with Crippen molar-refractivity contribution in [3.05, 3.63) is 65.5 Å². The van der Waals surface area contributed by atoms with Crippen LogP contribution < -0.4 is 0 Å². The fourth-order valence-corrected chi connectivity index (χ4v) is 2.57. The Morgan fingerprint density at radius 1 is 1.28 bits per heavy atom. The number of hydrogen-bond acceptors (Lipinski definition) is 4. The average molecular weight is 349 g/mol. The van der Waals surface area contributed by atoms with Crippen LogP contribution in [-0.4, -0.2) is 38.6 Å². The first-order valence-electron chi connectivity index (χ1n) is 7.40. The number of aromatic nitrogens is 1. The third-order valence-corrected chi connectivity index (χ3v) is 3.89. The van der Waals surface area contributed by atoms with Crippen molar-refractivity contribution in [3.8, 4) is 0 Å². The summed E-state index contributed by atoms with van der Waals surface area (Å²) in [5.41, 5.74) is -2.44. The van der Waals surface area contributed by atoms with Crippen molar-refractivity contribution in [2.75, 3.05) is 0 Å². The Morgan fingerprint density at radius 2 is 2.04 bits per heavy atom. The standard InChI is InChI=1S/C17H14F3N3O2/c1-11-4-2-5-12(8-11)15(24)23-16(25,17(18,19)20)9-14(22-23)13-6-3-7-21-10-13/h2-8,10,25H,9H2,1H3/t16-/m1/s1. The Kier molecular flexibility index (Phi) is 4.08. The van der Waals surface area contributed by atoms with Crippen molar-refractivity contribution < 1.29 is 23.1 Å². The van der Waals surface area contributed by atoms with Gasteiger partial charge in [-0.15, -0.1) is 0 Å². The van der Waals surface area contributed by atoms with E-state index in [1.165, 1.54) is 36.7 Å². The zero-order valence-electron chi connectivity index (χ0n) is 13.2. The number of aliphatic hydroxyl groups is 1. The van der Waals surface area contributed by atoms with Gasteiger partial charge in [0.25, 0.3) is 11.6 Å². The summed E-state index contributed by atoms with van der Waals surface area (Å²) in [7, 11) is 0. The number of hydrogen-bond donors (Lipinski definition) is 1. The van der Waals surface area contributed by atoms with Gasteiger partial charge in [0.2, 0.25) is 0 Å². The molecule has 0 aliphatic carbocycles. The van der Waals surface area contributed by atoms with Crippen molar-refractivity contribution in [2.24, 2.45) is 5.10 Å². The number of amides is 1. The summed E-state index contributed by atoms with van der Waals surface area (Å²) in [6.07, 6.45) is -3.14. The van der Waals surface area contributed by atoms with Crippen molar-refractivity contribution >= 4 is 11.6 Å². The van der Waals surface area contributed by atoms with Crippen LogP contribution in [0.15, 0.2) is 53.9 Å². The molecule has 1 N–H and O–H groups in total. The van der Waals surface area contributed by atoms with Crippen LogP contribution >= 0.6 is 0 Å². The molecule has 25 heavy (non-hydrogen) atoms. The summed E-state index contributed by atoms with van der Waals surface area (Å²) in [5.74, 6) is -1.03. The molecule has 1 aromatic heterocycles. The molecule has 8 heteroatoms. The summed E-state index contributed by atoms with van der Waals surface area (Å²) in [6, 6.07) is 9.14. The molecule has 0 bridgehead atoms. The van der Waals surface area contributed by atoms with E-state index in [1.54, 1.807) is 19.1 Å². The SMILES string of the molecule is Cc1cccc(C(=O)N2N=C(c3cccnc3)C[C@@]2(O)C(F)(F)F)c1. The van der Waals surface area contributed by atoms with Gasteiger partial charge in [0.05, 0.1) is 12.1 Å². The lowest BCUT2D eigenvalue weighted by Crippen LogP contribution is -2.56. The fourth-order valence-electron chi connectivity index (χ4n) is 2.57. The molecule has 0 saturated carbocycles. The van der Waals surface area contributed by atoms with Crippen molar-refractivity contribution in [3.63, 3.8) is 0 Å². The third-order valence-electron chi connectivity index (χ3n) is 3.89. The molecule has 0 saturated heterocycles. The summed E-state index contributed by atoms with van der Waals surface area (Å²) in [5, 5.41) is 14.2. The zero-order chi connectivity index (χ0) is 18.2. The molecule has 1 amide bonds. The predicted octanol–water partition coefficient (Wildman–Crippen LogP) is 2.89. The van der Waals surface area contributed by atoms with Gasteiger partial charge >= 0.3 is 6.18 Å². The van der Waals surface area contributed by atoms with E-state index in [4.69, 9.17) is 0 Å². The molecule has 0 fully saturated rings. The maximum absolute atomic E-state index is 13.5. The van der Waals surface area contributed by atoms with E-state index in [0.29, 0.717) is 11.1 Å². The summed E-state index contributed by atoms with van der Waals surface area (Å²) in [6.45, 7) is 1.71. The number of benzene rings is 1. The molecule has 1 aliphatic rings. The molecule has 0 unspecified atom stereocenters.